The Morgan fingerprint density at radius 1 is 0.852 bits per heavy atom. The first-order chi connectivity index (χ1) is 13.2. The van der Waals surface area contributed by atoms with Crippen molar-refractivity contribution in [1.29, 1.82) is 0 Å². The fourth-order valence-corrected chi connectivity index (χ4v) is 3.13. The standard InChI is InChI=1S/C22H16ClN3O/c23-19-8-6-17(7-9-19)20-14-25-26(15-16-4-2-1-3-5-16)22(27)21(20)18-10-12-24-13-11-18/h1-14H,15H2. The van der Waals surface area contributed by atoms with E-state index in [0.717, 1.165) is 22.3 Å². The highest BCUT2D eigenvalue weighted by Crippen LogP contribution is 2.29. The van der Waals surface area contributed by atoms with Gasteiger partial charge in [-0.05, 0) is 41.0 Å². The van der Waals surface area contributed by atoms with E-state index in [4.69, 9.17) is 11.6 Å². The molecule has 4 nitrogen and oxygen atoms in total. The summed E-state index contributed by atoms with van der Waals surface area (Å²) in [5, 5.41) is 5.06. The van der Waals surface area contributed by atoms with Gasteiger partial charge in [0.25, 0.3) is 5.56 Å². The van der Waals surface area contributed by atoms with Gasteiger partial charge in [-0.15, -0.1) is 0 Å². The molecule has 2 aromatic carbocycles. The minimum atomic E-state index is -0.141. The van der Waals surface area contributed by atoms with E-state index in [9.17, 15) is 4.79 Å². The highest BCUT2D eigenvalue weighted by molar-refractivity contribution is 6.30. The van der Waals surface area contributed by atoms with Gasteiger partial charge in [-0.3, -0.25) is 9.78 Å². The Kier molecular flexibility index (Phi) is 4.81. The van der Waals surface area contributed by atoms with Gasteiger partial charge in [0, 0.05) is 23.0 Å². The van der Waals surface area contributed by atoms with E-state index in [1.807, 2.05) is 66.7 Å². The lowest BCUT2D eigenvalue weighted by Crippen LogP contribution is -2.25. The number of halogens is 1. The monoisotopic (exact) mass is 373 g/mol. The number of benzene rings is 2. The first-order valence-corrected chi connectivity index (χ1v) is 8.90. The van der Waals surface area contributed by atoms with E-state index in [1.54, 1.807) is 18.6 Å². The third kappa shape index (κ3) is 3.66. The van der Waals surface area contributed by atoms with Gasteiger partial charge in [0.05, 0.1) is 18.3 Å². The van der Waals surface area contributed by atoms with Gasteiger partial charge in [-0.2, -0.15) is 5.10 Å². The smallest absolute Gasteiger partial charge is 0.267 e. The molecule has 0 atom stereocenters. The summed E-state index contributed by atoms with van der Waals surface area (Å²) in [6.07, 6.45) is 5.11. The molecule has 132 valence electrons. The van der Waals surface area contributed by atoms with Gasteiger partial charge in [0.15, 0.2) is 0 Å². The Labute approximate surface area is 161 Å². The van der Waals surface area contributed by atoms with Gasteiger partial charge in [-0.1, -0.05) is 54.1 Å². The summed E-state index contributed by atoms with van der Waals surface area (Å²) in [7, 11) is 0. The molecule has 27 heavy (non-hydrogen) atoms. The average molecular weight is 374 g/mol. The van der Waals surface area contributed by atoms with E-state index >= 15 is 0 Å². The molecule has 0 bridgehead atoms. The molecule has 0 amide bonds. The van der Waals surface area contributed by atoms with Crippen LogP contribution in [-0.2, 0) is 6.54 Å². The molecule has 4 aromatic rings. The van der Waals surface area contributed by atoms with E-state index in [0.29, 0.717) is 17.1 Å². The molecule has 0 saturated carbocycles. The Morgan fingerprint density at radius 2 is 1.56 bits per heavy atom. The van der Waals surface area contributed by atoms with Crippen molar-refractivity contribution in [2.45, 2.75) is 6.54 Å². The Balaban J connectivity index is 1.89. The highest BCUT2D eigenvalue weighted by atomic mass is 35.5. The van der Waals surface area contributed by atoms with Gasteiger partial charge in [-0.25, -0.2) is 4.68 Å². The van der Waals surface area contributed by atoms with Crippen LogP contribution in [-0.4, -0.2) is 14.8 Å². The molecular weight excluding hydrogens is 358 g/mol. The molecule has 0 unspecified atom stereocenters. The first kappa shape index (κ1) is 17.2. The summed E-state index contributed by atoms with van der Waals surface area (Å²) >= 11 is 6.01. The fourth-order valence-electron chi connectivity index (χ4n) is 3.00. The number of pyridine rings is 1. The topological polar surface area (TPSA) is 47.8 Å². The van der Waals surface area contributed by atoms with Crippen LogP contribution in [0.1, 0.15) is 5.56 Å². The van der Waals surface area contributed by atoms with Crippen molar-refractivity contribution in [2.75, 3.05) is 0 Å². The lowest BCUT2D eigenvalue weighted by atomic mass is 9.98. The van der Waals surface area contributed by atoms with Gasteiger partial charge >= 0.3 is 0 Å². The van der Waals surface area contributed by atoms with Crippen LogP contribution in [0.25, 0.3) is 22.3 Å². The zero-order chi connectivity index (χ0) is 18.6. The number of hydrogen-bond donors (Lipinski definition) is 0. The molecule has 5 heteroatoms. The summed E-state index contributed by atoms with van der Waals surface area (Å²) in [6, 6.07) is 20.9. The Hall–Kier alpha value is -3.24. The van der Waals surface area contributed by atoms with Crippen molar-refractivity contribution in [2.24, 2.45) is 0 Å². The molecule has 0 spiro atoms. The van der Waals surface area contributed by atoms with Crippen molar-refractivity contribution in [1.82, 2.24) is 14.8 Å². The quantitative estimate of drug-likeness (QED) is 0.522. The molecule has 0 radical (unpaired) electrons. The second-order valence-electron chi connectivity index (χ2n) is 6.12. The van der Waals surface area contributed by atoms with Crippen molar-refractivity contribution in [3.05, 3.63) is 106 Å². The molecule has 0 fully saturated rings. The summed E-state index contributed by atoms with van der Waals surface area (Å²) in [5.41, 5.74) is 3.95. The van der Waals surface area contributed by atoms with Crippen LogP contribution in [0.4, 0.5) is 0 Å². The second kappa shape index (κ2) is 7.56. The normalized spacial score (nSPS) is 10.7. The fraction of sp³-hybridized carbons (Fsp3) is 0.0455. The number of aromatic nitrogens is 3. The maximum Gasteiger partial charge on any atom is 0.275 e. The predicted molar refractivity (Wildman–Crippen MR) is 108 cm³/mol. The van der Waals surface area contributed by atoms with E-state index in [1.165, 1.54) is 4.68 Å². The van der Waals surface area contributed by atoms with Gasteiger partial charge < -0.3 is 0 Å². The van der Waals surface area contributed by atoms with Gasteiger partial charge in [0.1, 0.15) is 0 Å². The number of hydrogen-bond acceptors (Lipinski definition) is 3. The van der Waals surface area contributed by atoms with Crippen LogP contribution >= 0.6 is 11.6 Å². The summed E-state index contributed by atoms with van der Waals surface area (Å²) < 4.78 is 1.49. The van der Waals surface area contributed by atoms with Crippen molar-refractivity contribution < 1.29 is 0 Å². The minimum Gasteiger partial charge on any atom is -0.267 e. The lowest BCUT2D eigenvalue weighted by molar-refractivity contribution is 0.641. The van der Waals surface area contributed by atoms with E-state index < -0.39 is 0 Å². The largest absolute Gasteiger partial charge is 0.275 e. The third-order valence-corrected chi connectivity index (χ3v) is 4.60. The van der Waals surface area contributed by atoms with Crippen LogP contribution in [0.3, 0.4) is 0 Å². The summed E-state index contributed by atoms with van der Waals surface area (Å²) in [5.74, 6) is 0. The van der Waals surface area contributed by atoms with Crippen molar-refractivity contribution in [3.8, 4) is 22.3 Å². The minimum absolute atomic E-state index is 0.141. The summed E-state index contributed by atoms with van der Waals surface area (Å²) in [4.78, 5) is 17.4. The summed E-state index contributed by atoms with van der Waals surface area (Å²) in [6.45, 7) is 0.415. The van der Waals surface area contributed by atoms with Gasteiger partial charge in [0.2, 0.25) is 0 Å². The van der Waals surface area contributed by atoms with Crippen LogP contribution in [0.5, 0.6) is 0 Å². The zero-order valence-electron chi connectivity index (χ0n) is 14.4. The lowest BCUT2D eigenvalue weighted by Gasteiger charge is -2.13. The number of nitrogens with zero attached hydrogens (tertiary/aromatic N) is 3. The maximum absolute atomic E-state index is 13.3. The first-order valence-electron chi connectivity index (χ1n) is 8.53. The van der Waals surface area contributed by atoms with Crippen LogP contribution in [0.15, 0.2) is 90.1 Å². The van der Waals surface area contributed by atoms with Crippen molar-refractivity contribution >= 4 is 11.6 Å². The molecule has 2 heterocycles. The van der Waals surface area contributed by atoms with E-state index in [-0.39, 0.29) is 5.56 Å². The number of rotatable bonds is 4. The molecule has 0 aliphatic heterocycles. The second-order valence-corrected chi connectivity index (χ2v) is 6.56. The van der Waals surface area contributed by atoms with Crippen LogP contribution in [0, 0.1) is 0 Å². The zero-order valence-corrected chi connectivity index (χ0v) is 15.2. The van der Waals surface area contributed by atoms with E-state index in [2.05, 4.69) is 10.1 Å². The average Bonchev–Trinajstić information content (AvgIpc) is 2.71. The predicted octanol–water partition coefficient (Wildman–Crippen LogP) is 4.67. The third-order valence-electron chi connectivity index (χ3n) is 4.34. The van der Waals surface area contributed by atoms with Crippen LogP contribution in [0.2, 0.25) is 5.02 Å². The maximum atomic E-state index is 13.3. The Morgan fingerprint density at radius 3 is 2.26 bits per heavy atom. The molecule has 2 aromatic heterocycles. The molecule has 0 saturated heterocycles. The SMILES string of the molecule is O=c1c(-c2ccncc2)c(-c2ccc(Cl)cc2)cnn1Cc1ccccc1. The molecule has 4 rings (SSSR count). The molecular formula is C22H16ClN3O. The molecule has 0 aliphatic carbocycles. The van der Waals surface area contributed by atoms with Crippen molar-refractivity contribution in [3.63, 3.8) is 0 Å². The molecule has 0 aliphatic rings. The Bertz CT molecular complexity index is 1110. The highest BCUT2D eigenvalue weighted by Gasteiger charge is 2.15. The molecule has 0 N–H and O–H groups in total. The van der Waals surface area contributed by atoms with Crippen LogP contribution < -0.4 is 5.56 Å².